The topological polar surface area (TPSA) is 78.8 Å². The van der Waals surface area contributed by atoms with Gasteiger partial charge in [-0.25, -0.2) is 4.98 Å². The number of nitrogens with zero attached hydrogens (tertiary/aromatic N) is 4. The monoisotopic (exact) mass is 301 g/mol. The molecule has 0 fully saturated rings. The molecule has 108 valence electrons. The predicted octanol–water partition coefficient (Wildman–Crippen LogP) is 2.63. The molecule has 0 aliphatic heterocycles. The van der Waals surface area contributed by atoms with Crippen molar-refractivity contribution in [2.45, 2.75) is 19.5 Å². The zero-order valence-corrected chi connectivity index (χ0v) is 12.3. The highest BCUT2D eigenvalue weighted by Crippen LogP contribution is 2.18. The second kappa shape index (κ2) is 7.58. The van der Waals surface area contributed by atoms with E-state index < -0.39 is 0 Å². The average molecular weight is 302 g/mol. The van der Waals surface area contributed by atoms with Crippen LogP contribution in [0.1, 0.15) is 17.7 Å². The molecular formula is C15H16ClN5. The highest BCUT2D eigenvalue weighted by atomic mass is 35.5. The molecule has 0 spiro atoms. The van der Waals surface area contributed by atoms with Crippen molar-refractivity contribution in [2.24, 2.45) is 0 Å². The number of nitriles is 1. The van der Waals surface area contributed by atoms with Gasteiger partial charge >= 0.3 is 0 Å². The fraction of sp³-hybridized carbons (Fsp3) is 0.267. The standard InChI is InChI=1S/C15H16ClN5/c16-13-4-5-15(18)20-14(13)11-21(8-2-6-17)10-12-3-1-7-19-9-12/h1,3-5,7,9H,2,8,10-11H2,(H2,18,20). The first-order valence-electron chi connectivity index (χ1n) is 6.58. The van der Waals surface area contributed by atoms with E-state index in [1.807, 2.05) is 18.3 Å². The van der Waals surface area contributed by atoms with Crippen LogP contribution in [0.4, 0.5) is 5.82 Å². The fourth-order valence-electron chi connectivity index (χ4n) is 2.00. The fourth-order valence-corrected chi connectivity index (χ4v) is 2.16. The van der Waals surface area contributed by atoms with Gasteiger partial charge in [-0.3, -0.25) is 9.88 Å². The minimum atomic E-state index is 0.441. The molecule has 0 aliphatic carbocycles. The van der Waals surface area contributed by atoms with E-state index in [4.69, 9.17) is 22.6 Å². The second-order valence-corrected chi connectivity index (χ2v) is 5.05. The molecule has 0 saturated heterocycles. The smallest absolute Gasteiger partial charge is 0.123 e. The molecule has 6 heteroatoms. The molecule has 2 rings (SSSR count). The van der Waals surface area contributed by atoms with Gasteiger partial charge in [0.2, 0.25) is 0 Å². The van der Waals surface area contributed by atoms with Gasteiger partial charge < -0.3 is 5.73 Å². The normalized spacial score (nSPS) is 10.5. The lowest BCUT2D eigenvalue weighted by Crippen LogP contribution is -2.24. The molecular weight excluding hydrogens is 286 g/mol. The van der Waals surface area contributed by atoms with E-state index in [9.17, 15) is 0 Å². The maximum Gasteiger partial charge on any atom is 0.123 e. The summed E-state index contributed by atoms with van der Waals surface area (Å²) in [5.41, 5.74) is 7.51. The third kappa shape index (κ3) is 4.71. The Balaban J connectivity index is 2.12. The molecule has 0 aliphatic rings. The summed E-state index contributed by atoms with van der Waals surface area (Å²) in [6.07, 6.45) is 3.99. The van der Waals surface area contributed by atoms with E-state index in [2.05, 4.69) is 20.9 Å². The van der Waals surface area contributed by atoms with Crippen molar-refractivity contribution < 1.29 is 0 Å². The molecule has 2 aromatic heterocycles. The third-order valence-electron chi connectivity index (χ3n) is 2.98. The number of rotatable bonds is 6. The first-order valence-corrected chi connectivity index (χ1v) is 6.96. The van der Waals surface area contributed by atoms with Crippen molar-refractivity contribution in [1.82, 2.24) is 14.9 Å². The number of anilines is 1. The molecule has 0 unspecified atom stereocenters. The maximum absolute atomic E-state index is 8.80. The second-order valence-electron chi connectivity index (χ2n) is 4.64. The summed E-state index contributed by atoms with van der Waals surface area (Å²) in [5.74, 6) is 0.441. The van der Waals surface area contributed by atoms with Crippen LogP contribution in [-0.4, -0.2) is 21.4 Å². The van der Waals surface area contributed by atoms with Crippen LogP contribution in [0, 0.1) is 11.3 Å². The van der Waals surface area contributed by atoms with Crippen LogP contribution >= 0.6 is 11.6 Å². The molecule has 0 amide bonds. The van der Waals surface area contributed by atoms with Crippen molar-refractivity contribution in [1.29, 1.82) is 5.26 Å². The van der Waals surface area contributed by atoms with Crippen LogP contribution in [0.5, 0.6) is 0 Å². The zero-order valence-electron chi connectivity index (χ0n) is 11.5. The van der Waals surface area contributed by atoms with Crippen LogP contribution in [0.15, 0.2) is 36.7 Å². The molecule has 21 heavy (non-hydrogen) atoms. The number of nitrogen functional groups attached to an aromatic ring is 1. The van der Waals surface area contributed by atoms with Gasteiger partial charge in [0.1, 0.15) is 5.82 Å². The minimum Gasteiger partial charge on any atom is -0.384 e. The van der Waals surface area contributed by atoms with Crippen molar-refractivity contribution >= 4 is 17.4 Å². The summed E-state index contributed by atoms with van der Waals surface area (Å²) >= 11 is 6.16. The number of halogens is 1. The third-order valence-corrected chi connectivity index (χ3v) is 3.33. The SMILES string of the molecule is N#CCCN(Cc1cccnc1)Cc1nc(N)ccc1Cl. The number of hydrogen-bond donors (Lipinski definition) is 1. The quantitative estimate of drug-likeness (QED) is 0.887. The summed E-state index contributed by atoms with van der Waals surface area (Å²) < 4.78 is 0. The van der Waals surface area contributed by atoms with Crippen LogP contribution in [0.25, 0.3) is 0 Å². The van der Waals surface area contributed by atoms with Gasteiger partial charge in [0.25, 0.3) is 0 Å². The summed E-state index contributed by atoms with van der Waals surface area (Å²) in [5, 5.41) is 9.38. The molecule has 0 atom stereocenters. The Bertz CT molecular complexity index is 624. The van der Waals surface area contributed by atoms with E-state index in [0.29, 0.717) is 36.9 Å². The number of pyridine rings is 2. The lowest BCUT2D eigenvalue weighted by molar-refractivity contribution is 0.259. The lowest BCUT2D eigenvalue weighted by Gasteiger charge is -2.21. The largest absolute Gasteiger partial charge is 0.384 e. The Hall–Kier alpha value is -2.16. The van der Waals surface area contributed by atoms with Gasteiger partial charge in [0, 0.05) is 38.4 Å². The first kappa shape index (κ1) is 15.2. The lowest BCUT2D eigenvalue weighted by atomic mass is 10.2. The molecule has 2 N–H and O–H groups in total. The van der Waals surface area contributed by atoms with E-state index in [1.165, 1.54) is 0 Å². The van der Waals surface area contributed by atoms with Gasteiger partial charge in [-0.1, -0.05) is 17.7 Å². The van der Waals surface area contributed by atoms with Gasteiger partial charge in [-0.15, -0.1) is 0 Å². The molecule has 5 nitrogen and oxygen atoms in total. The first-order chi connectivity index (χ1) is 10.2. The molecule has 0 radical (unpaired) electrons. The predicted molar refractivity (Wildman–Crippen MR) is 82.2 cm³/mol. The highest BCUT2D eigenvalue weighted by Gasteiger charge is 2.11. The summed E-state index contributed by atoms with van der Waals surface area (Å²) in [6, 6.07) is 9.47. The van der Waals surface area contributed by atoms with Crippen molar-refractivity contribution in [3.8, 4) is 6.07 Å². The van der Waals surface area contributed by atoms with Crippen molar-refractivity contribution in [3.63, 3.8) is 0 Å². The summed E-state index contributed by atoms with van der Waals surface area (Å²) in [7, 11) is 0. The van der Waals surface area contributed by atoms with Crippen molar-refractivity contribution in [2.75, 3.05) is 12.3 Å². The molecule has 0 bridgehead atoms. The van der Waals surface area contributed by atoms with Gasteiger partial charge in [-0.05, 0) is 23.8 Å². The number of nitrogens with two attached hydrogens (primary N) is 1. The molecule has 0 aromatic carbocycles. The maximum atomic E-state index is 8.80. The number of hydrogen-bond acceptors (Lipinski definition) is 5. The van der Waals surface area contributed by atoms with E-state index >= 15 is 0 Å². The Morgan fingerprint density at radius 3 is 2.86 bits per heavy atom. The van der Waals surface area contributed by atoms with Gasteiger partial charge in [-0.2, -0.15) is 5.26 Å². The average Bonchev–Trinajstić information content (AvgIpc) is 2.49. The summed E-state index contributed by atoms with van der Waals surface area (Å²) in [4.78, 5) is 10.5. The van der Waals surface area contributed by atoms with Crippen LogP contribution in [-0.2, 0) is 13.1 Å². The van der Waals surface area contributed by atoms with E-state index in [0.717, 1.165) is 11.3 Å². The summed E-state index contributed by atoms with van der Waals surface area (Å²) in [6.45, 7) is 1.86. The van der Waals surface area contributed by atoms with E-state index in [1.54, 1.807) is 18.3 Å². The zero-order chi connectivity index (χ0) is 15.1. The molecule has 2 aromatic rings. The number of aromatic nitrogens is 2. The van der Waals surface area contributed by atoms with Gasteiger partial charge in [0.05, 0.1) is 16.8 Å². The Labute approximate surface area is 129 Å². The van der Waals surface area contributed by atoms with Crippen molar-refractivity contribution in [3.05, 3.63) is 52.9 Å². The molecule has 0 saturated carbocycles. The Morgan fingerprint density at radius 2 is 2.14 bits per heavy atom. The van der Waals surface area contributed by atoms with Crippen LogP contribution in [0.3, 0.4) is 0 Å². The Morgan fingerprint density at radius 1 is 1.29 bits per heavy atom. The Kier molecular flexibility index (Phi) is 5.50. The van der Waals surface area contributed by atoms with Gasteiger partial charge in [0.15, 0.2) is 0 Å². The highest BCUT2D eigenvalue weighted by molar-refractivity contribution is 6.31. The van der Waals surface area contributed by atoms with Crippen LogP contribution < -0.4 is 5.73 Å². The van der Waals surface area contributed by atoms with E-state index in [-0.39, 0.29) is 0 Å². The molecule has 2 heterocycles. The minimum absolute atomic E-state index is 0.441. The van der Waals surface area contributed by atoms with Crippen LogP contribution in [0.2, 0.25) is 5.02 Å².